The highest BCUT2D eigenvalue weighted by atomic mass is 16.4. The summed E-state index contributed by atoms with van der Waals surface area (Å²) < 4.78 is 1.61. The van der Waals surface area contributed by atoms with Crippen LogP contribution in [0.5, 0.6) is 0 Å². The van der Waals surface area contributed by atoms with Gasteiger partial charge in [-0.2, -0.15) is 0 Å². The molecule has 2 N–H and O–H groups in total. The van der Waals surface area contributed by atoms with Gasteiger partial charge in [0, 0.05) is 38.8 Å². The molecule has 1 aliphatic rings. The van der Waals surface area contributed by atoms with Gasteiger partial charge in [0.05, 0.1) is 18.7 Å². The summed E-state index contributed by atoms with van der Waals surface area (Å²) in [6, 6.07) is 9.73. The van der Waals surface area contributed by atoms with Crippen LogP contribution in [0.2, 0.25) is 0 Å². The lowest BCUT2D eigenvalue weighted by Crippen LogP contribution is -2.36. The Kier molecular flexibility index (Phi) is 5.62. The molecule has 0 saturated carbocycles. The summed E-state index contributed by atoms with van der Waals surface area (Å²) in [5.74, 6) is -1.00. The summed E-state index contributed by atoms with van der Waals surface area (Å²) in [5, 5.41) is 20.2. The van der Waals surface area contributed by atoms with Crippen LogP contribution in [0, 0.1) is 5.92 Å². The molecule has 0 radical (unpaired) electrons. The molecule has 2 atom stereocenters. The van der Waals surface area contributed by atoms with Crippen LogP contribution in [0.1, 0.15) is 23.6 Å². The normalized spacial score (nSPS) is 20.2. The van der Waals surface area contributed by atoms with E-state index >= 15 is 0 Å². The highest BCUT2D eigenvalue weighted by Crippen LogP contribution is 2.33. The summed E-state index contributed by atoms with van der Waals surface area (Å²) in [5.41, 5.74) is 1.83. The first-order valence-corrected chi connectivity index (χ1v) is 8.62. The van der Waals surface area contributed by atoms with Crippen molar-refractivity contribution in [2.75, 3.05) is 19.6 Å². The second-order valence-electron chi connectivity index (χ2n) is 6.74. The number of aryl methyl sites for hydroxylation is 1. The van der Waals surface area contributed by atoms with Crippen LogP contribution in [0.4, 0.5) is 0 Å². The van der Waals surface area contributed by atoms with E-state index in [1.807, 2.05) is 41.4 Å². The molecule has 0 unspecified atom stereocenters. The van der Waals surface area contributed by atoms with Gasteiger partial charge >= 0.3 is 5.97 Å². The predicted molar refractivity (Wildman–Crippen MR) is 94.2 cm³/mol. The molecular formula is C18H23N5O3. The second kappa shape index (κ2) is 8.09. The van der Waals surface area contributed by atoms with Crippen molar-refractivity contribution < 1.29 is 14.7 Å². The molecule has 26 heavy (non-hydrogen) atoms. The minimum absolute atomic E-state index is 0.0262. The van der Waals surface area contributed by atoms with E-state index in [4.69, 9.17) is 0 Å². The fraction of sp³-hybridized carbons (Fsp3) is 0.444. The van der Waals surface area contributed by atoms with E-state index in [1.165, 1.54) is 0 Å². The van der Waals surface area contributed by atoms with E-state index in [0.717, 1.165) is 11.3 Å². The zero-order valence-electron chi connectivity index (χ0n) is 14.7. The van der Waals surface area contributed by atoms with Crippen LogP contribution in [-0.4, -0.2) is 56.5 Å². The molecule has 2 heterocycles. The maximum atomic E-state index is 12.2. The van der Waals surface area contributed by atoms with Crippen molar-refractivity contribution >= 4 is 11.9 Å². The van der Waals surface area contributed by atoms with Gasteiger partial charge in [-0.25, -0.2) is 0 Å². The van der Waals surface area contributed by atoms with Gasteiger partial charge in [0.15, 0.2) is 0 Å². The van der Waals surface area contributed by atoms with Crippen LogP contribution < -0.4 is 5.32 Å². The molecule has 1 fully saturated rings. The number of carboxylic acid groups (broad SMARTS) is 1. The first-order valence-electron chi connectivity index (χ1n) is 8.62. The van der Waals surface area contributed by atoms with Crippen molar-refractivity contribution in [3.8, 4) is 0 Å². The number of aromatic nitrogens is 3. The quantitative estimate of drug-likeness (QED) is 0.754. The Morgan fingerprint density at radius 1 is 1.27 bits per heavy atom. The SMILES string of the molecule is Cn1cc([C@@H]2CN(CC(=O)NCc3ccccc3)C[C@@H]2CC(=O)O)nn1. The van der Waals surface area contributed by atoms with Gasteiger partial charge in [-0.1, -0.05) is 35.5 Å². The number of carboxylic acids is 1. The molecule has 1 aliphatic heterocycles. The van der Waals surface area contributed by atoms with Crippen LogP contribution in [0.25, 0.3) is 0 Å². The molecule has 0 spiro atoms. The van der Waals surface area contributed by atoms with Crippen molar-refractivity contribution in [1.82, 2.24) is 25.2 Å². The van der Waals surface area contributed by atoms with E-state index in [2.05, 4.69) is 15.6 Å². The lowest BCUT2D eigenvalue weighted by atomic mass is 9.91. The third-order valence-corrected chi connectivity index (χ3v) is 4.65. The number of carbonyl (C=O) groups is 2. The number of rotatable bonds is 7. The summed E-state index contributed by atoms with van der Waals surface area (Å²) in [7, 11) is 1.78. The molecule has 1 saturated heterocycles. The predicted octanol–water partition coefficient (Wildman–Crippen LogP) is 0.622. The van der Waals surface area contributed by atoms with Crippen molar-refractivity contribution in [1.29, 1.82) is 0 Å². The minimum atomic E-state index is -0.834. The van der Waals surface area contributed by atoms with E-state index in [1.54, 1.807) is 11.7 Å². The largest absolute Gasteiger partial charge is 0.481 e. The molecule has 8 heteroatoms. The lowest BCUT2D eigenvalue weighted by Gasteiger charge is -2.15. The van der Waals surface area contributed by atoms with Gasteiger partial charge in [-0.3, -0.25) is 19.2 Å². The van der Waals surface area contributed by atoms with E-state index < -0.39 is 5.97 Å². The molecule has 0 aliphatic carbocycles. The van der Waals surface area contributed by atoms with Crippen molar-refractivity contribution in [3.63, 3.8) is 0 Å². The fourth-order valence-electron chi connectivity index (χ4n) is 3.45. The smallest absolute Gasteiger partial charge is 0.303 e. The van der Waals surface area contributed by atoms with Crippen molar-refractivity contribution in [3.05, 3.63) is 47.8 Å². The molecule has 138 valence electrons. The molecule has 1 aromatic carbocycles. The Hall–Kier alpha value is -2.74. The summed E-state index contributed by atoms with van der Waals surface area (Å²) in [6.07, 6.45) is 1.88. The van der Waals surface area contributed by atoms with Gasteiger partial charge in [0.1, 0.15) is 0 Å². The maximum absolute atomic E-state index is 12.2. The van der Waals surface area contributed by atoms with E-state index in [9.17, 15) is 14.7 Å². The van der Waals surface area contributed by atoms with Crippen LogP contribution in [0.15, 0.2) is 36.5 Å². The topological polar surface area (TPSA) is 100 Å². The summed E-state index contributed by atoms with van der Waals surface area (Å²) in [6.45, 7) is 1.90. The molecule has 3 rings (SSSR count). The fourth-order valence-corrected chi connectivity index (χ4v) is 3.45. The third-order valence-electron chi connectivity index (χ3n) is 4.65. The molecule has 1 amide bonds. The number of nitrogens with one attached hydrogen (secondary N) is 1. The lowest BCUT2D eigenvalue weighted by molar-refractivity contribution is -0.138. The number of likely N-dealkylation sites (tertiary alicyclic amines) is 1. The van der Waals surface area contributed by atoms with Gasteiger partial charge < -0.3 is 10.4 Å². The summed E-state index contributed by atoms with van der Waals surface area (Å²) >= 11 is 0. The zero-order valence-corrected chi connectivity index (χ0v) is 14.7. The minimum Gasteiger partial charge on any atom is -0.481 e. The number of amides is 1. The second-order valence-corrected chi connectivity index (χ2v) is 6.74. The van der Waals surface area contributed by atoms with E-state index in [-0.39, 0.29) is 30.7 Å². The Morgan fingerprint density at radius 2 is 2.04 bits per heavy atom. The van der Waals surface area contributed by atoms with Gasteiger partial charge in [0.25, 0.3) is 0 Å². The van der Waals surface area contributed by atoms with Gasteiger partial charge in [-0.15, -0.1) is 5.10 Å². The Balaban J connectivity index is 1.58. The van der Waals surface area contributed by atoms with Crippen molar-refractivity contribution in [2.24, 2.45) is 13.0 Å². The standard InChI is InChI=1S/C18H23N5O3/c1-22-11-16(20-21-22)15-10-23(9-14(15)7-18(25)26)12-17(24)19-8-13-5-3-2-4-6-13/h2-6,11,14-15H,7-10,12H2,1H3,(H,19,24)(H,25,26)/t14-,15+/m0/s1. The average Bonchev–Trinajstić information content (AvgIpc) is 3.19. The first-order chi connectivity index (χ1) is 12.5. The van der Waals surface area contributed by atoms with Crippen LogP contribution in [-0.2, 0) is 23.2 Å². The number of aliphatic carboxylic acids is 1. The van der Waals surface area contributed by atoms with Gasteiger partial charge in [0.2, 0.25) is 5.91 Å². The van der Waals surface area contributed by atoms with Crippen molar-refractivity contribution in [2.45, 2.75) is 18.9 Å². The Bertz CT molecular complexity index is 761. The number of carbonyl (C=O) groups excluding carboxylic acids is 1. The van der Waals surface area contributed by atoms with Crippen LogP contribution in [0.3, 0.4) is 0 Å². The number of hydrogen-bond donors (Lipinski definition) is 2. The molecule has 8 nitrogen and oxygen atoms in total. The molecule has 1 aromatic heterocycles. The third kappa shape index (κ3) is 4.66. The Morgan fingerprint density at radius 3 is 2.69 bits per heavy atom. The zero-order chi connectivity index (χ0) is 18.5. The average molecular weight is 357 g/mol. The molecule has 2 aromatic rings. The Labute approximate surface area is 151 Å². The summed E-state index contributed by atoms with van der Waals surface area (Å²) in [4.78, 5) is 25.4. The highest BCUT2D eigenvalue weighted by Gasteiger charge is 2.37. The first kappa shape index (κ1) is 18.1. The highest BCUT2D eigenvalue weighted by molar-refractivity contribution is 5.78. The molecule has 0 bridgehead atoms. The maximum Gasteiger partial charge on any atom is 0.303 e. The monoisotopic (exact) mass is 357 g/mol. The number of benzene rings is 1. The molecular weight excluding hydrogens is 334 g/mol. The van der Waals surface area contributed by atoms with Gasteiger partial charge in [-0.05, 0) is 11.5 Å². The van der Waals surface area contributed by atoms with Crippen LogP contribution >= 0.6 is 0 Å². The number of hydrogen-bond acceptors (Lipinski definition) is 5. The van der Waals surface area contributed by atoms with E-state index in [0.29, 0.717) is 19.6 Å². The number of nitrogens with zero attached hydrogens (tertiary/aromatic N) is 4.